The van der Waals surface area contributed by atoms with E-state index in [0.717, 1.165) is 12.8 Å². The van der Waals surface area contributed by atoms with E-state index < -0.39 is 6.48 Å². The van der Waals surface area contributed by atoms with Crippen molar-refractivity contribution < 1.29 is 14.2 Å². The van der Waals surface area contributed by atoms with E-state index in [-0.39, 0.29) is 18.3 Å². The number of ether oxygens (including phenoxy) is 3. The van der Waals surface area contributed by atoms with Crippen molar-refractivity contribution >= 4 is 0 Å². The summed E-state index contributed by atoms with van der Waals surface area (Å²) in [5.74, 6) is 1.10. The molecule has 4 unspecified atom stereocenters. The van der Waals surface area contributed by atoms with Gasteiger partial charge in [-0.2, -0.15) is 0 Å². The Morgan fingerprint density at radius 3 is 1.67 bits per heavy atom. The summed E-state index contributed by atoms with van der Waals surface area (Å²) < 4.78 is 17.1. The second-order valence-electron chi connectivity index (χ2n) is 4.86. The number of hydrogen-bond acceptors (Lipinski definition) is 3. The molecular weight excluding hydrogens is 192 g/mol. The maximum Gasteiger partial charge on any atom is 0.272 e. The van der Waals surface area contributed by atoms with Crippen LogP contribution in [0, 0.1) is 11.8 Å². The van der Waals surface area contributed by atoms with Gasteiger partial charge in [-0.1, -0.05) is 40.5 Å². The fourth-order valence-corrected chi connectivity index (χ4v) is 2.36. The van der Waals surface area contributed by atoms with Gasteiger partial charge in [0.05, 0.1) is 12.2 Å². The fourth-order valence-electron chi connectivity index (χ4n) is 2.36. The summed E-state index contributed by atoms with van der Waals surface area (Å²) in [6.45, 7) is 8.44. The largest absolute Gasteiger partial charge is 0.323 e. The van der Waals surface area contributed by atoms with Crippen LogP contribution in [0.2, 0.25) is 0 Å². The highest BCUT2D eigenvalue weighted by atomic mass is 16.9. The SMILES string of the molecule is CCC(C)C1OC2OC(C(C)CC)C1O2. The summed E-state index contributed by atoms with van der Waals surface area (Å²) in [5, 5.41) is 0. The average Bonchev–Trinajstić information content (AvgIpc) is 2.85. The first-order valence-corrected chi connectivity index (χ1v) is 6.13. The first-order chi connectivity index (χ1) is 7.17. The molecule has 0 radical (unpaired) electrons. The third-order valence-electron chi connectivity index (χ3n) is 3.86. The van der Waals surface area contributed by atoms with Crippen LogP contribution in [-0.4, -0.2) is 24.8 Å². The molecule has 2 aliphatic rings. The van der Waals surface area contributed by atoms with Gasteiger partial charge in [0, 0.05) is 0 Å². The van der Waals surface area contributed by atoms with Crippen LogP contribution in [0.3, 0.4) is 0 Å². The molecule has 2 saturated heterocycles. The molecule has 0 N–H and O–H groups in total. The van der Waals surface area contributed by atoms with Gasteiger partial charge in [0.1, 0.15) is 6.10 Å². The molecule has 0 aromatic carbocycles. The zero-order valence-corrected chi connectivity index (χ0v) is 10.1. The van der Waals surface area contributed by atoms with Crippen molar-refractivity contribution in [2.75, 3.05) is 0 Å². The van der Waals surface area contributed by atoms with Gasteiger partial charge in [0.2, 0.25) is 0 Å². The third-order valence-corrected chi connectivity index (χ3v) is 3.86. The average molecular weight is 214 g/mol. The summed E-state index contributed by atoms with van der Waals surface area (Å²) in [7, 11) is 0. The lowest BCUT2D eigenvalue weighted by Gasteiger charge is -2.32. The van der Waals surface area contributed by atoms with E-state index in [0.29, 0.717) is 11.8 Å². The molecule has 88 valence electrons. The molecule has 4 atom stereocenters. The molecule has 2 rings (SSSR count). The molecular formula is C12H22O3. The van der Waals surface area contributed by atoms with Crippen molar-refractivity contribution in [3.63, 3.8) is 0 Å². The summed E-state index contributed by atoms with van der Waals surface area (Å²) >= 11 is 0. The van der Waals surface area contributed by atoms with Crippen LogP contribution in [0.1, 0.15) is 40.5 Å². The van der Waals surface area contributed by atoms with Crippen molar-refractivity contribution in [3.8, 4) is 0 Å². The lowest BCUT2D eigenvalue weighted by atomic mass is 9.88. The van der Waals surface area contributed by atoms with Gasteiger partial charge in [-0.3, -0.25) is 0 Å². The predicted molar refractivity (Wildman–Crippen MR) is 57.3 cm³/mol. The third kappa shape index (κ3) is 1.93. The lowest BCUT2D eigenvalue weighted by molar-refractivity contribution is -0.236. The summed E-state index contributed by atoms with van der Waals surface area (Å²) in [6.07, 6.45) is 2.87. The van der Waals surface area contributed by atoms with Crippen LogP contribution in [0.5, 0.6) is 0 Å². The first kappa shape index (κ1) is 11.4. The van der Waals surface area contributed by atoms with Gasteiger partial charge < -0.3 is 14.2 Å². The van der Waals surface area contributed by atoms with Crippen molar-refractivity contribution in [3.05, 3.63) is 0 Å². The van der Waals surface area contributed by atoms with Crippen molar-refractivity contribution in [1.29, 1.82) is 0 Å². The van der Waals surface area contributed by atoms with Crippen LogP contribution >= 0.6 is 0 Å². The van der Waals surface area contributed by atoms with Crippen LogP contribution in [0.25, 0.3) is 0 Å². The molecule has 3 heteroatoms. The minimum absolute atomic E-state index is 0.153. The summed E-state index contributed by atoms with van der Waals surface area (Å²) in [4.78, 5) is 0. The highest BCUT2D eigenvalue weighted by Gasteiger charge is 2.52. The standard InChI is InChI=1S/C12H22O3/c1-5-7(3)9-11-10(8(4)6-2)14-12(13-9)15-11/h7-12H,5-6H2,1-4H3. The Morgan fingerprint density at radius 2 is 1.33 bits per heavy atom. The Bertz CT molecular complexity index is 199. The minimum atomic E-state index is -0.395. The van der Waals surface area contributed by atoms with Crippen LogP contribution in [0.15, 0.2) is 0 Å². The van der Waals surface area contributed by atoms with Gasteiger partial charge in [-0.15, -0.1) is 0 Å². The Labute approximate surface area is 92.1 Å². The number of hydrogen-bond donors (Lipinski definition) is 0. The van der Waals surface area contributed by atoms with E-state index in [1.807, 2.05) is 0 Å². The highest BCUT2D eigenvalue weighted by Crippen LogP contribution is 2.40. The quantitative estimate of drug-likeness (QED) is 0.719. The second kappa shape index (κ2) is 4.40. The van der Waals surface area contributed by atoms with E-state index in [9.17, 15) is 0 Å². The lowest BCUT2D eigenvalue weighted by Crippen LogP contribution is -2.44. The van der Waals surface area contributed by atoms with E-state index in [1.54, 1.807) is 0 Å². The number of rotatable bonds is 4. The zero-order valence-electron chi connectivity index (χ0n) is 10.1. The van der Waals surface area contributed by atoms with Crippen LogP contribution in [0.4, 0.5) is 0 Å². The fraction of sp³-hybridized carbons (Fsp3) is 1.00. The maximum absolute atomic E-state index is 5.70. The van der Waals surface area contributed by atoms with E-state index in [4.69, 9.17) is 14.2 Å². The topological polar surface area (TPSA) is 27.7 Å². The zero-order chi connectivity index (χ0) is 11.0. The molecule has 0 aliphatic carbocycles. The van der Waals surface area contributed by atoms with Gasteiger partial charge in [0.25, 0.3) is 6.48 Å². The normalized spacial score (nSPS) is 43.2. The van der Waals surface area contributed by atoms with Gasteiger partial charge in [-0.25, -0.2) is 0 Å². The van der Waals surface area contributed by atoms with Crippen molar-refractivity contribution in [2.45, 2.75) is 65.3 Å². The molecule has 0 spiro atoms. The van der Waals surface area contributed by atoms with Crippen molar-refractivity contribution in [2.24, 2.45) is 11.8 Å². The van der Waals surface area contributed by atoms with E-state index >= 15 is 0 Å². The Morgan fingerprint density at radius 1 is 0.867 bits per heavy atom. The Hall–Kier alpha value is -0.120. The predicted octanol–water partition coefficient (Wildman–Crippen LogP) is 2.55. The molecule has 0 aromatic heterocycles. The highest BCUT2D eigenvalue weighted by molar-refractivity contribution is 4.92. The van der Waals surface area contributed by atoms with E-state index in [2.05, 4.69) is 27.7 Å². The maximum atomic E-state index is 5.70. The molecule has 2 fully saturated rings. The van der Waals surface area contributed by atoms with Crippen LogP contribution < -0.4 is 0 Å². The van der Waals surface area contributed by atoms with Gasteiger partial charge >= 0.3 is 0 Å². The minimum Gasteiger partial charge on any atom is -0.323 e. The summed E-state index contributed by atoms with van der Waals surface area (Å²) in [5.41, 5.74) is 0. The Kier molecular flexibility index (Phi) is 3.33. The van der Waals surface area contributed by atoms with Gasteiger partial charge in [0.15, 0.2) is 0 Å². The Balaban J connectivity index is 2.02. The molecule has 2 heterocycles. The smallest absolute Gasteiger partial charge is 0.272 e. The molecule has 3 nitrogen and oxygen atoms in total. The molecule has 15 heavy (non-hydrogen) atoms. The van der Waals surface area contributed by atoms with Crippen LogP contribution in [-0.2, 0) is 14.2 Å². The second-order valence-corrected chi connectivity index (χ2v) is 4.86. The van der Waals surface area contributed by atoms with Gasteiger partial charge in [-0.05, 0) is 11.8 Å². The summed E-state index contributed by atoms with van der Waals surface area (Å²) in [6, 6.07) is 0. The van der Waals surface area contributed by atoms with Crippen molar-refractivity contribution in [1.82, 2.24) is 0 Å². The molecule has 2 aliphatic heterocycles. The van der Waals surface area contributed by atoms with E-state index in [1.165, 1.54) is 0 Å². The molecule has 2 bridgehead atoms. The monoisotopic (exact) mass is 214 g/mol. The molecule has 0 saturated carbocycles. The first-order valence-electron chi connectivity index (χ1n) is 6.13. The molecule has 0 aromatic rings. The molecule has 0 amide bonds. The number of fused-ring (bicyclic) bond motifs is 2.